The summed E-state index contributed by atoms with van der Waals surface area (Å²) >= 11 is 0. The van der Waals surface area contributed by atoms with Crippen LogP contribution in [0.5, 0.6) is 5.75 Å². The number of nitrogens with zero attached hydrogens (tertiary/aromatic N) is 5. The molecule has 0 aromatic carbocycles. The molecule has 1 saturated heterocycles. The third-order valence-electron chi connectivity index (χ3n) is 5.71. The van der Waals surface area contributed by atoms with E-state index >= 15 is 0 Å². The first-order valence-corrected chi connectivity index (χ1v) is 10.7. The first-order valence-electron chi connectivity index (χ1n) is 10.7. The van der Waals surface area contributed by atoms with Gasteiger partial charge in [-0.05, 0) is 44.1 Å². The van der Waals surface area contributed by atoms with Gasteiger partial charge in [0.25, 0.3) is 0 Å². The fourth-order valence-corrected chi connectivity index (χ4v) is 3.82. The number of allylic oxidation sites excluding steroid dienone is 4. The van der Waals surface area contributed by atoms with Crippen LogP contribution in [0.15, 0.2) is 72.9 Å². The fourth-order valence-electron chi connectivity index (χ4n) is 3.82. The second-order valence-electron chi connectivity index (χ2n) is 7.80. The summed E-state index contributed by atoms with van der Waals surface area (Å²) < 4.78 is 44.7. The lowest BCUT2D eigenvalue weighted by Gasteiger charge is -2.40. The van der Waals surface area contributed by atoms with E-state index in [1.54, 1.807) is 43.9 Å². The maximum absolute atomic E-state index is 13.1. The van der Waals surface area contributed by atoms with Gasteiger partial charge >= 0.3 is 6.18 Å². The first-order chi connectivity index (χ1) is 16.3. The van der Waals surface area contributed by atoms with E-state index in [1.807, 2.05) is 11.0 Å². The molecule has 178 valence electrons. The molecule has 2 aromatic heterocycles. The monoisotopic (exact) mass is 469 g/mol. The molecular weight excluding hydrogens is 443 g/mol. The van der Waals surface area contributed by atoms with Crippen molar-refractivity contribution in [1.29, 1.82) is 5.26 Å². The van der Waals surface area contributed by atoms with Crippen LogP contribution in [0.2, 0.25) is 0 Å². The Bertz CT molecular complexity index is 1090. The zero-order chi connectivity index (χ0) is 24.7. The minimum Gasteiger partial charge on any atom is -0.494 e. The van der Waals surface area contributed by atoms with Crippen LogP contribution < -0.4 is 14.5 Å². The number of alkyl halides is 3. The highest BCUT2D eigenvalue weighted by atomic mass is 19.4. The number of hydrogen-bond donors (Lipinski definition) is 0. The summed E-state index contributed by atoms with van der Waals surface area (Å²) in [5, 5.41) is 8.98. The largest absolute Gasteiger partial charge is 0.494 e. The summed E-state index contributed by atoms with van der Waals surface area (Å²) in [4.78, 5) is 12.7. The van der Waals surface area contributed by atoms with Crippen molar-refractivity contribution in [1.82, 2.24) is 9.97 Å². The molecule has 0 aliphatic carbocycles. The molecule has 0 radical (unpaired) electrons. The van der Waals surface area contributed by atoms with E-state index in [0.717, 1.165) is 18.8 Å². The number of hydrogen-bond acceptors (Lipinski definition) is 6. The van der Waals surface area contributed by atoms with Crippen molar-refractivity contribution in [2.45, 2.75) is 32.0 Å². The van der Waals surface area contributed by atoms with Gasteiger partial charge in [0.15, 0.2) is 0 Å². The predicted molar refractivity (Wildman–Crippen MR) is 126 cm³/mol. The Kier molecular flexibility index (Phi) is 7.95. The van der Waals surface area contributed by atoms with E-state index in [1.165, 1.54) is 6.08 Å². The number of ether oxygens (including phenoxy) is 1. The smallest absolute Gasteiger partial charge is 0.412 e. The molecule has 1 fully saturated rings. The van der Waals surface area contributed by atoms with Gasteiger partial charge in [-0.2, -0.15) is 18.4 Å². The number of pyridine rings is 2. The molecule has 0 saturated carbocycles. The lowest BCUT2D eigenvalue weighted by molar-refractivity contribution is -0.0913. The van der Waals surface area contributed by atoms with Crippen molar-refractivity contribution in [3.05, 3.63) is 78.4 Å². The maximum atomic E-state index is 13.1. The Morgan fingerprint density at radius 3 is 2.53 bits per heavy atom. The minimum absolute atomic E-state index is 0.0309. The van der Waals surface area contributed by atoms with Crippen LogP contribution in [0.1, 0.15) is 25.3 Å². The maximum Gasteiger partial charge on any atom is 0.412 e. The molecule has 2 aromatic rings. The molecule has 1 aliphatic rings. The number of aromatic nitrogens is 2. The van der Waals surface area contributed by atoms with Crippen molar-refractivity contribution in [2.75, 3.05) is 30.0 Å². The molecule has 0 bridgehead atoms. The van der Waals surface area contributed by atoms with Gasteiger partial charge in [-0.15, -0.1) is 0 Å². The quantitative estimate of drug-likeness (QED) is 0.505. The Labute approximate surface area is 197 Å². The van der Waals surface area contributed by atoms with E-state index in [9.17, 15) is 13.2 Å². The van der Waals surface area contributed by atoms with E-state index in [0.29, 0.717) is 48.6 Å². The van der Waals surface area contributed by atoms with Crippen LogP contribution in [0.3, 0.4) is 0 Å². The van der Waals surface area contributed by atoms with E-state index < -0.39 is 11.7 Å². The molecule has 3 heterocycles. The Morgan fingerprint density at radius 1 is 1.24 bits per heavy atom. The summed E-state index contributed by atoms with van der Waals surface area (Å²) in [5.74, 6) is 1.35. The average molecular weight is 470 g/mol. The van der Waals surface area contributed by atoms with E-state index in [-0.39, 0.29) is 6.04 Å². The zero-order valence-electron chi connectivity index (χ0n) is 19.1. The molecule has 0 atom stereocenters. The number of anilines is 2. The molecule has 3 rings (SSSR count). The number of nitriles is 1. The Hall–Kier alpha value is -3.80. The van der Waals surface area contributed by atoms with Crippen LogP contribution in [0.25, 0.3) is 0 Å². The van der Waals surface area contributed by atoms with Crippen LogP contribution in [0.4, 0.5) is 24.7 Å². The van der Waals surface area contributed by atoms with Gasteiger partial charge < -0.3 is 14.5 Å². The van der Waals surface area contributed by atoms with Crippen LogP contribution in [-0.2, 0) is 0 Å². The molecule has 0 N–H and O–H groups in total. The van der Waals surface area contributed by atoms with Crippen molar-refractivity contribution in [3.63, 3.8) is 0 Å². The number of halogens is 3. The summed E-state index contributed by atoms with van der Waals surface area (Å²) in [6.07, 6.45) is 5.84. The first kappa shape index (κ1) is 24.8. The second kappa shape index (κ2) is 10.9. The highest BCUT2D eigenvalue weighted by Crippen LogP contribution is 2.35. The SMILES string of the molecule is C=C/C(=C\C=C(/C)C(F)(F)F)N(c1cnccc1OC)C1CCN(c2ccc(C#N)cn2)CC1. The summed E-state index contributed by atoms with van der Waals surface area (Å²) in [5.41, 5.74) is 0.970. The van der Waals surface area contributed by atoms with E-state index in [4.69, 9.17) is 10.00 Å². The van der Waals surface area contributed by atoms with Crippen molar-refractivity contribution in [3.8, 4) is 11.8 Å². The molecule has 0 spiro atoms. The Morgan fingerprint density at radius 2 is 1.97 bits per heavy atom. The number of rotatable bonds is 7. The van der Waals surface area contributed by atoms with Gasteiger partial charge in [-0.25, -0.2) is 4.98 Å². The van der Waals surface area contributed by atoms with Crippen molar-refractivity contribution < 1.29 is 17.9 Å². The average Bonchev–Trinajstić information content (AvgIpc) is 2.86. The minimum atomic E-state index is -4.40. The highest BCUT2D eigenvalue weighted by Gasteiger charge is 2.31. The molecule has 9 heteroatoms. The number of methoxy groups -OCH3 is 1. The van der Waals surface area contributed by atoms with Gasteiger partial charge in [0.1, 0.15) is 23.3 Å². The summed E-state index contributed by atoms with van der Waals surface area (Å²) in [6.45, 7) is 6.26. The summed E-state index contributed by atoms with van der Waals surface area (Å²) in [7, 11) is 1.54. The standard InChI is InChI=1S/C25H26F3N5O/c1-4-20(7-5-18(2)25(26,27)28)33(22-17-30-12-9-23(22)34-3)21-10-13-32(14-11-21)24-8-6-19(15-29)16-31-24/h4-9,12,16-17,21H,1,10-11,13-14H2,2-3H3/b18-5+,20-7+. The van der Waals surface area contributed by atoms with Crippen molar-refractivity contribution in [2.24, 2.45) is 0 Å². The lowest BCUT2D eigenvalue weighted by Crippen LogP contribution is -2.45. The molecule has 6 nitrogen and oxygen atoms in total. The molecule has 1 aliphatic heterocycles. The topological polar surface area (TPSA) is 65.3 Å². The van der Waals surface area contributed by atoms with Gasteiger partial charge in [-0.3, -0.25) is 4.98 Å². The molecule has 0 amide bonds. The van der Waals surface area contributed by atoms with Gasteiger partial charge in [0.2, 0.25) is 0 Å². The van der Waals surface area contributed by atoms with Crippen LogP contribution >= 0.6 is 0 Å². The molecular formula is C25H26F3N5O. The Balaban J connectivity index is 1.92. The van der Waals surface area contributed by atoms with E-state index in [2.05, 4.69) is 27.5 Å². The van der Waals surface area contributed by atoms with Crippen molar-refractivity contribution >= 4 is 11.5 Å². The number of piperidine rings is 1. The predicted octanol–water partition coefficient (Wildman–Crippen LogP) is 5.41. The second-order valence-corrected chi connectivity index (χ2v) is 7.80. The van der Waals surface area contributed by atoms with Gasteiger partial charge in [0, 0.05) is 48.9 Å². The summed E-state index contributed by atoms with van der Waals surface area (Å²) in [6, 6.07) is 7.30. The third kappa shape index (κ3) is 5.76. The highest BCUT2D eigenvalue weighted by molar-refractivity contribution is 5.63. The molecule has 34 heavy (non-hydrogen) atoms. The van der Waals surface area contributed by atoms with Crippen LogP contribution in [0, 0.1) is 11.3 Å². The normalized spacial score (nSPS) is 15.6. The third-order valence-corrected chi connectivity index (χ3v) is 5.71. The van der Waals surface area contributed by atoms with Gasteiger partial charge in [-0.1, -0.05) is 12.7 Å². The fraction of sp³-hybridized carbons (Fsp3) is 0.320. The molecule has 0 unspecified atom stereocenters. The van der Waals surface area contributed by atoms with Gasteiger partial charge in [0.05, 0.1) is 18.9 Å². The lowest BCUT2D eigenvalue weighted by atomic mass is 10.0. The zero-order valence-corrected chi connectivity index (χ0v) is 19.1. The van der Waals surface area contributed by atoms with Crippen LogP contribution in [-0.4, -0.2) is 42.4 Å².